The fourth-order valence-electron chi connectivity index (χ4n) is 4.90. The van der Waals surface area contributed by atoms with Crippen LogP contribution in [0.5, 0.6) is 0 Å². The van der Waals surface area contributed by atoms with Gasteiger partial charge in [-0.1, -0.05) is 40.2 Å². The Morgan fingerprint density at radius 2 is 1.79 bits per heavy atom. The number of esters is 3. The van der Waals surface area contributed by atoms with Crippen molar-refractivity contribution in [2.75, 3.05) is 19.7 Å². The number of carbonyl (C=O) groups is 3. The second-order valence-corrected chi connectivity index (χ2v) is 9.62. The summed E-state index contributed by atoms with van der Waals surface area (Å²) in [5.74, 6) is -4.97. The van der Waals surface area contributed by atoms with Crippen molar-refractivity contribution in [3.63, 3.8) is 0 Å². The monoisotopic (exact) mass is 469 g/mol. The molecular weight excluding hydrogens is 434 g/mol. The first-order valence-corrected chi connectivity index (χ1v) is 11.5. The van der Waals surface area contributed by atoms with Crippen LogP contribution in [0.2, 0.25) is 0 Å². The van der Waals surface area contributed by atoms with Crippen LogP contribution in [0.25, 0.3) is 0 Å². The molecular formula is C23H35NO9. The molecule has 0 amide bonds. The summed E-state index contributed by atoms with van der Waals surface area (Å²) in [6, 6.07) is -0.362. The molecule has 0 aromatic heterocycles. The molecule has 0 bridgehead atoms. The minimum Gasteiger partial charge on any atom is -0.459 e. The molecule has 10 heteroatoms. The van der Waals surface area contributed by atoms with E-state index in [4.69, 9.17) is 14.2 Å². The zero-order valence-electron chi connectivity index (χ0n) is 19.8. The molecule has 0 aromatic carbocycles. The van der Waals surface area contributed by atoms with Crippen LogP contribution in [0, 0.1) is 11.8 Å². The molecule has 3 heterocycles. The molecule has 3 N–H and O–H groups in total. The number of aliphatic hydroxyl groups excluding tert-OH is 1. The van der Waals surface area contributed by atoms with Crippen molar-refractivity contribution >= 4 is 17.9 Å². The lowest BCUT2D eigenvalue weighted by molar-refractivity contribution is -0.214. The lowest BCUT2D eigenvalue weighted by atomic mass is 9.81. The van der Waals surface area contributed by atoms with Gasteiger partial charge >= 0.3 is 17.9 Å². The quantitative estimate of drug-likeness (QED) is 0.292. The van der Waals surface area contributed by atoms with Crippen molar-refractivity contribution in [3.05, 3.63) is 11.6 Å². The Bertz CT molecular complexity index is 827. The van der Waals surface area contributed by atoms with Crippen molar-refractivity contribution in [1.82, 2.24) is 4.90 Å². The molecule has 3 aliphatic rings. The molecule has 7 atom stereocenters. The van der Waals surface area contributed by atoms with Crippen LogP contribution in [0.4, 0.5) is 0 Å². The second-order valence-electron chi connectivity index (χ2n) is 9.62. The number of carbonyl (C=O) groups excluding carboxylic acids is 3. The Morgan fingerprint density at radius 3 is 2.39 bits per heavy atom. The van der Waals surface area contributed by atoms with Crippen molar-refractivity contribution in [3.8, 4) is 0 Å². The van der Waals surface area contributed by atoms with E-state index in [2.05, 4.69) is 4.90 Å². The van der Waals surface area contributed by atoms with E-state index in [9.17, 15) is 29.7 Å². The summed E-state index contributed by atoms with van der Waals surface area (Å²) >= 11 is 0. The van der Waals surface area contributed by atoms with Gasteiger partial charge in [-0.05, 0) is 30.8 Å². The van der Waals surface area contributed by atoms with Gasteiger partial charge in [0.15, 0.2) is 6.10 Å². The van der Waals surface area contributed by atoms with E-state index >= 15 is 0 Å². The van der Waals surface area contributed by atoms with Crippen LogP contribution in [0.1, 0.15) is 47.5 Å². The number of rotatable bonds is 3. The standard InChI is InChI=1S/C23H35NO9/c1-6-13(4)23(30)18(25)19(26)32-14(5)22(29,12(2)3)20(27)31-11-15-7-9-24-10-8-16(17(15)24)33-21(23)28/h7,12-14,16-18,25,29-30H,6,8-11H2,1-5H3/t13?,14-,16-,17-,18+,22+,23-/m1/s1. The highest BCUT2D eigenvalue weighted by Gasteiger charge is 2.57. The fraction of sp³-hybridized carbons (Fsp3) is 0.783. The summed E-state index contributed by atoms with van der Waals surface area (Å²) in [6.07, 6.45) is -1.74. The van der Waals surface area contributed by atoms with Gasteiger partial charge in [0.05, 0.1) is 6.04 Å². The summed E-state index contributed by atoms with van der Waals surface area (Å²) in [5.41, 5.74) is -4.05. The SMILES string of the molecule is CCC(C)[C@]1(O)C(=O)O[C@@H]2CCN3CC=C(COC(=O)[C@](O)(C(C)C)[C@@H](C)OC(=O)[C@@H]1O)[C@H]23. The first-order valence-electron chi connectivity index (χ1n) is 11.5. The van der Waals surface area contributed by atoms with E-state index in [1.807, 2.05) is 6.08 Å². The zero-order valence-corrected chi connectivity index (χ0v) is 19.8. The summed E-state index contributed by atoms with van der Waals surface area (Å²) in [5, 5.41) is 33.3. The summed E-state index contributed by atoms with van der Waals surface area (Å²) in [7, 11) is 0. The Labute approximate surface area is 193 Å². The maximum atomic E-state index is 13.2. The van der Waals surface area contributed by atoms with Gasteiger partial charge in [0, 0.05) is 13.1 Å². The Balaban J connectivity index is 2.05. The predicted octanol–water partition coefficient (Wildman–Crippen LogP) is -0.0738. The van der Waals surface area contributed by atoms with E-state index in [0.717, 1.165) is 5.57 Å². The number of hydrogen-bond acceptors (Lipinski definition) is 10. The first kappa shape index (κ1) is 25.6. The molecule has 0 aliphatic carbocycles. The van der Waals surface area contributed by atoms with Gasteiger partial charge in [0.2, 0.25) is 11.2 Å². The van der Waals surface area contributed by atoms with Gasteiger partial charge in [-0.2, -0.15) is 0 Å². The summed E-state index contributed by atoms with van der Waals surface area (Å²) < 4.78 is 16.3. The molecule has 33 heavy (non-hydrogen) atoms. The molecule has 0 spiro atoms. The minimum absolute atomic E-state index is 0.123. The maximum Gasteiger partial charge on any atom is 0.342 e. The number of hydrogen-bond donors (Lipinski definition) is 3. The van der Waals surface area contributed by atoms with Gasteiger partial charge in [0.25, 0.3) is 0 Å². The number of aliphatic hydroxyl groups is 3. The Hall–Kier alpha value is -2.01. The third kappa shape index (κ3) is 4.18. The topological polar surface area (TPSA) is 143 Å². The number of nitrogens with zero attached hydrogens (tertiary/aromatic N) is 1. The molecule has 10 nitrogen and oxygen atoms in total. The van der Waals surface area contributed by atoms with Crippen LogP contribution < -0.4 is 0 Å². The molecule has 0 aromatic rings. The van der Waals surface area contributed by atoms with Gasteiger partial charge in [-0.25, -0.2) is 14.4 Å². The highest BCUT2D eigenvalue weighted by atomic mass is 16.6. The molecule has 0 saturated carbocycles. The average Bonchev–Trinajstić information content (AvgIpc) is 3.36. The Morgan fingerprint density at radius 1 is 1.12 bits per heavy atom. The highest BCUT2D eigenvalue weighted by molar-refractivity contribution is 5.90. The van der Waals surface area contributed by atoms with Gasteiger partial charge in [-0.15, -0.1) is 0 Å². The Kier molecular flexibility index (Phi) is 7.24. The van der Waals surface area contributed by atoms with E-state index < -0.39 is 59.3 Å². The largest absolute Gasteiger partial charge is 0.459 e. The lowest BCUT2D eigenvalue weighted by Gasteiger charge is -2.39. The van der Waals surface area contributed by atoms with Crippen LogP contribution >= 0.6 is 0 Å². The third-order valence-corrected chi connectivity index (χ3v) is 7.49. The van der Waals surface area contributed by atoms with Gasteiger partial charge in [-0.3, -0.25) is 4.90 Å². The summed E-state index contributed by atoms with van der Waals surface area (Å²) in [4.78, 5) is 41.0. The summed E-state index contributed by atoms with van der Waals surface area (Å²) in [6.45, 7) is 8.73. The molecule has 186 valence electrons. The van der Waals surface area contributed by atoms with E-state index in [1.165, 1.54) is 13.8 Å². The van der Waals surface area contributed by atoms with Crippen molar-refractivity contribution < 1.29 is 43.9 Å². The first-order chi connectivity index (χ1) is 15.4. The van der Waals surface area contributed by atoms with E-state index in [0.29, 0.717) is 19.5 Å². The molecule has 3 aliphatic heterocycles. The van der Waals surface area contributed by atoms with Crippen LogP contribution in [0.3, 0.4) is 0 Å². The minimum atomic E-state index is -2.57. The number of cyclic esters (lactones) is 2. The second kappa shape index (κ2) is 9.32. The molecule has 2 saturated heterocycles. The smallest absolute Gasteiger partial charge is 0.342 e. The van der Waals surface area contributed by atoms with Crippen molar-refractivity contribution in [1.29, 1.82) is 0 Å². The predicted molar refractivity (Wildman–Crippen MR) is 115 cm³/mol. The van der Waals surface area contributed by atoms with Crippen molar-refractivity contribution in [2.45, 2.75) is 83.0 Å². The van der Waals surface area contributed by atoms with Gasteiger partial charge < -0.3 is 29.5 Å². The van der Waals surface area contributed by atoms with Crippen LogP contribution in [-0.2, 0) is 28.6 Å². The van der Waals surface area contributed by atoms with Gasteiger partial charge in [0.1, 0.15) is 18.8 Å². The fourth-order valence-corrected chi connectivity index (χ4v) is 4.90. The van der Waals surface area contributed by atoms with E-state index in [1.54, 1.807) is 20.8 Å². The normalized spacial score (nSPS) is 39.3. The molecule has 2 fully saturated rings. The van der Waals surface area contributed by atoms with Crippen molar-refractivity contribution in [2.24, 2.45) is 11.8 Å². The zero-order chi connectivity index (χ0) is 24.7. The number of ether oxygens (including phenoxy) is 3. The van der Waals surface area contributed by atoms with Crippen LogP contribution in [0.15, 0.2) is 11.6 Å². The van der Waals surface area contributed by atoms with Crippen LogP contribution in [-0.4, -0.2) is 93.4 Å². The molecule has 3 rings (SSSR count). The molecule has 0 radical (unpaired) electrons. The molecule has 1 unspecified atom stereocenters. The maximum absolute atomic E-state index is 13.2. The van der Waals surface area contributed by atoms with E-state index in [-0.39, 0.29) is 19.1 Å². The average molecular weight is 470 g/mol. The lowest BCUT2D eigenvalue weighted by Crippen LogP contribution is -2.61. The third-order valence-electron chi connectivity index (χ3n) is 7.49. The highest BCUT2D eigenvalue weighted by Crippen LogP contribution is 2.36.